The zero-order chi connectivity index (χ0) is 24.3. The minimum atomic E-state index is -0.417. The van der Waals surface area contributed by atoms with E-state index in [2.05, 4.69) is 13.8 Å². The first-order valence-corrected chi connectivity index (χ1v) is 12.3. The summed E-state index contributed by atoms with van der Waals surface area (Å²) in [6, 6.07) is 14.4. The molecule has 4 rings (SSSR count). The third-order valence-corrected chi connectivity index (χ3v) is 7.27. The summed E-state index contributed by atoms with van der Waals surface area (Å²) in [6.45, 7) is 6.14. The lowest BCUT2D eigenvalue weighted by atomic mass is 9.75. The molecule has 182 valence electrons. The van der Waals surface area contributed by atoms with E-state index >= 15 is 0 Å². The predicted octanol–water partition coefficient (Wildman–Crippen LogP) is 4.49. The molecule has 0 bridgehead atoms. The van der Waals surface area contributed by atoms with Gasteiger partial charge in [-0.25, -0.2) is 4.39 Å². The molecule has 0 saturated carbocycles. The van der Waals surface area contributed by atoms with Crippen molar-refractivity contribution >= 4 is 11.8 Å². The first kappa shape index (κ1) is 24.2. The van der Waals surface area contributed by atoms with Gasteiger partial charge in [0.05, 0.1) is 18.9 Å². The molecule has 2 aromatic carbocycles. The molecule has 5 nitrogen and oxygen atoms in total. The van der Waals surface area contributed by atoms with E-state index in [1.165, 1.54) is 6.07 Å². The van der Waals surface area contributed by atoms with Gasteiger partial charge < -0.3 is 14.5 Å². The van der Waals surface area contributed by atoms with Crippen molar-refractivity contribution in [3.8, 4) is 5.75 Å². The first-order chi connectivity index (χ1) is 16.3. The van der Waals surface area contributed by atoms with Gasteiger partial charge in [-0.1, -0.05) is 38.1 Å². The zero-order valence-corrected chi connectivity index (χ0v) is 20.4. The van der Waals surface area contributed by atoms with E-state index in [0.717, 1.165) is 23.3 Å². The number of carbonyl (C=O) groups excluding carboxylic acids is 2. The molecule has 0 N–H and O–H groups in total. The van der Waals surface area contributed by atoms with Crippen LogP contribution in [0, 0.1) is 17.2 Å². The molecule has 0 aliphatic carbocycles. The SMILES string of the molecule is COc1cccc(CC(=O)N2CCC3(CC2)CC(Cc2cccc(F)c2)N(CC(C)C)C3=O)c1. The number of rotatable bonds is 7. The highest BCUT2D eigenvalue weighted by Crippen LogP contribution is 2.45. The van der Waals surface area contributed by atoms with Gasteiger partial charge in [0, 0.05) is 25.7 Å². The molecule has 1 spiro atoms. The Morgan fingerprint density at radius 2 is 1.82 bits per heavy atom. The molecule has 2 aliphatic heterocycles. The number of halogens is 1. The normalized spacial score (nSPS) is 19.8. The van der Waals surface area contributed by atoms with E-state index in [4.69, 9.17) is 4.74 Å². The summed E-state index contributed by atoms with van der Waals surface area (Å²) in [5, 5.41) is 0. The Balaban J connectivity index is 1.43. The average molecular weight is 467 g/mol. The quantitative estimate of drug-likeness (QED) is 0.604. The van der Waals surface area contributed by atoms with Crippen molar-refractivity contribution in [3.63, 3.8) is 0 Å². The number of hydrogen-bond donors (Lipinski definition) is 0. The van der Waals surface area contributed by atoms with Crippen LogP contribution < -0.4 is 4.74 Å². The van der Waals surface area contributed by atoms with Gasteiger partial charge >= 0.3 is 0 Å². The number of amides is 2. The van der Waals surface area contributed by atoms with Gasteiger partial charge in [0.2, 0.25) is 11.8 Å². The molecule has 2 saturated heterocycles. The Bertz CT molecular complexity index is 1030. The lowest BCUT2D eigenvalue weighted by Gasteiger charge is -2.38. The van der Waals surface area contributed by atoms with E-state index in [1.807, 2.05) is 40.1 Å². The van der Waals surface area contributed by atoms with Crippen LogP contribution in [0.4, 0.5) is 4.39 Å². The van der Waals surface area contributed by atoms with Crippen LogP contribution in [0.2, 0.25) is 0 Å². The Hall–Kier alpha value is -2.89. The minimum Gasteiger partial charge on any atom is -0.497 e. The average Bonchev–Trinajstić information content (AvgIpc) is 3.04. The molecule has 34 heavy (non-hydrogen) atoms. The lowest BCUT2D eigenvalue weighted by Crippen LogP contribution is -2.47. The second kappa shape index (κ2) is 10.2. The Labute approximate surface area is 201 Å². The number of ether oxygens (including phenoxy) is 1. The Morgan fingerprint density at radius 3 is 2.50 bits per heavy atom. The minimum absolute atomic E-state index is 0.0655. The number of likely N-dealkylation sites (tertiary alicyclic amines) is 2. The highest BCUT2D eigenvalue weighted by molar-refractivity contribution is 5.86. The molecule has 0 radical (unpaired) electrons. The molecule has 6 heteroatoms. The standard InChI is InChI=1S/C28H35FN2O3/c1-20(2)19-31-24(15-21-6-4-8-23(29)14-21)18-28(27(31)33)10-12-30(13-11-28)26(32)17-22-7-5-9-25(16-22)34-3/h4-9,14,16,20,24H,10-13,15,17-19H2,1-3H3. The highest BCUT2D eigenvalue weighted by Gasteiger charge is 2.52. The van der Waals surface area contributed by atoms with Crippen molar-refractivity contribution in [2.75, 3.05) is 26.7 Å². The third-order valence-electron chi connectivity index (χ3n) is 7.27. The van der Waals surface area contributed by atoms with Crippen LogP contribution in [0.25, 0.3) is 0 Å². The molecular weight excluding hydrogens is 431 g/mol. The van der Waals surface area contributed by atoms with Crippen molar-refractivity contribution < 1.29 is 18.7 Å². The summed E-state index contributed by atoms with van der Waals surface area (Å²) in [4.78, 5) is 30.5. The summed E-state index contributed by atoms with van der Waals surface area (Å²) in [5.41, 5.74) is 1.44. The Kier molecular flexibility index (Phi) is 7.24. The van der Waals surface area contributed by atoms with E-state index in [1.54, 1.807) is 19.2 Å². The predicted molar refractivity (Wildman–Crippen MR) is 130 cm³/mol. The molecule has 1 unspecified atom stereocenters. The fraction of sp³-hybridized carbons (Fsp3) is 0.500. The summed E-state index contributed by atoms with van der Waals surface area (Å²) >= 11 is 0. The van der Waals surface area contributed by atoms with Gasteiger partial charge in [-0.3, -0.25) is 9.59 Å². The van der Waals surface area contributed by atoms with Gasteiger partial charge in [-0.15, -0.1) is 0 Å². The third kappa shape index (κ3) is 5.26. The number of piperidine rings is 1. The van der Waals surface area contributed by atoms with Gasteiger partial charge in [-0.05, 0) is 67.0 Å². The fourth-order valence-electron chi connectivity index (χ4n) is 5.53. The monoisotopic (exact) mass is 466 g/mol. The Morgan fingerprint density at radius 1 is 1.12 bits per heavy atom. The van der Waals surface area contributed by atoms with Crippen LogP contribution in [0.1, 0.15) is 44.2 Å². The van der Waals surface area contributed by atoms with E-state index in [0.29, 0.717) is 51.2 Å². The molecule has 2 heterocycles. The summed E-state index contributed by atoms with van der Waals surface area (Å²) < 4.78 is 19.0. The van der Waals surface area contributed by atoms with E-state index in [9.17, 15) is 14.0 Å². The highest BCUT2D eigenvalue weighted by atomic mass is 19.1. The van der Waals surface area contributed by atoms with Crippen molar-refractivity contribution in [2.24, 2.45) is 11.3 Å². The van der Waals surface area contributed by atoms with Gasteiger partial charge in [0.25, 0.3) is 0 Å². The maximum absolute atomic E-state index is 13.8. The fourth-order valence-corrected chi connectivity index (χ4v) is 5.53. The number of hydrogen-bond acceptors (Lipinski definition) is 3. The van der Waals surface area contributed by atoms with Crippen molar-refractivity contribution in [1.82, 2.24) is 9.80 Å². The molecule has 2 aliphatic rings. The lowest BCUT2D eigenvalue weighted by molar-refractivity contribution is -0.143. The summed E-state index contributed by atoms with van der Waals surface area (Å²) in [7, 11) is 1.62. The topological polar surface area (TPSA) is 49.9 Å². The maximum atomic E-state index is 13.8. The molecule has 1 atom stereocenters. The van der Waals surface area contributed by atoms with Crippen molar-refractivity contribution in [3.05, 3.63) is 65.5 Å². The van der Waals surface area contributed by atoms with Gasteiger partial charge in [-0.2, -0.15) is 0 Å². The largest absolute Gasteiger partial charge is 0.497 e. The maximum Gasteiger partial charge on any atom is 0.229 e. The number of benzene rings is 2. The zero-order valence-electron chi connectivity index (χ0n) is 20.4. The van der Waals surface area contributed by atoms with E-state index in [-0.39, 0.29) is 23.7 Å². The van der Waals surface area contributed by atoms with Crippen LogP contribution in [-0.2, 0) is 22.4 Å². The molecule has 2 amide bonds. The second-order valence-corrected chi connectivity index (χ2v) is 10.2. The summed E-state index contributed by atoms with van der Waals surface area (Å²) in [5.74, 6) is 1.16. The molecule has 2 fully saturated rings. The number of nitrogens with zero attached hydrogens (tertiary/aromatic N) is 2. The number of methoxy groups -OCH3 is 1. The molecule has 0 aromatic heterocycles. The van der Waals surface area contributed by atoms with Crippen LogP contribution in [-0.4, -0.2) is 54.4 Å². The van der Waals surface area contributed by atoms with Crippen LogP contribution in [0.5, 0.6) is 5.75 Å². The van der Waals surface area contributed by atoms with Gasteiger partial charge in [0.1, 0.15) is 11.6 Å². The van der Waals surface area contributed by atoms with Crippen LogP contribution in [0.3, 0.4) is 0 Å². The molecule has 2 aromatic rings. The summed E-state index contributed by atoms with van der Waals surface area (Å²) in [6.07, 6.45) is 3.14. The van der Waals surface area contributed by atoms with Crippen molar-refractivity contribution in [2.45, 2.75) is 52.0 Å². The first-order valence-electron chi connectivity index (χ1n) is 12.3. The van der Waals surface area contributed by atoms with E-state index < -0.39 is 5.41 Å². The van der Waals surface area contributed by atoms with Crippen LogP contribution in [0.15, 0.2) is 48.5 Å². The van der Waals surface area contributed by atoms with Gasteiger partial charge in [0.15, 0.2) is 0 Å². The number of carbonyl (C=O) groups is 2. The van der Waals surface area contributed by atoms with Crippen molar-refractivity contribution in [1.29, 1.82) is 0 Å². The van der Waals surface area contributed by atoms with Crippen LogP contribution >= 0.6 is 0 Å². The smallest absolute Gasteiger partial charge is 0.229 e. The molecular formula is C28H35FN2O3. The second-order valence-electron chi connectivity index (χ2n) is 10.2.